The smallest absolute Gasteiger partial charge is 0.138 e. The van der Waals surface area contributed by atoms with Crippen LogP contribution in [0, 0.1) is 6.92 Å². The largest absolute Gasteiger partial charge is 0.362 e. The average Bonchev–Trinajstić information content (AvgIpc) is 3.43. The summed E-state index contributed by atoms with van der Waals surface area (Å²) in [7, 11) is 0. The molecule has 2 aliphatic carbocycles. The van der Waals surface area contributed by atoms with Gasteiger partial charge in [-0.2, -0.15) is 0 Å². The molecule has 3 aliphatic rings. The third kappa shape index (κ3) is 3.75. The Morgan fingerprint density at radius 3 is 2.64 bits per heavy atom. The van der Waals surface area contributed by atoms with Crippen molar-refractivity contribution in [1.82, 2.24) is 15.3 Å². The maximum Gasteiger partial charge on any atom is 0.138 e. The highest BCUT2D eigenvalue weighted by atomic mass is 19.1. The number of anilines is 1. The summed E-state index contributed by atoms with van der Waals surface area (Å²) in [6.07, 6.45) is 5.85. The number of fused-ring (bicyclic) bond motifs is 1. The molecule has 0 spiro atoms. The minimum Gasteiger partial charge on any atom is -0.362 e. The fraction of sp³-hybridized carbons (Fsp3) is 0.591. The maximum absolute atomic E-state index is 14.2. The Labute approximate surface area is 165 Å². The molecule has 28 heavy (non-hydrogen) atoms. The van der Waals surface area contributed by atoms with Crippen molar-refractivity contribution < 1.29 is 4.39 Å². The van der Waals surface area contributed by atoms with Gasteiger partial charge in [-0.05, 0) is 57.6 Å². The molecular formula is C22H28FN5. The number of aromatic nitrogens is 2. The van der Waals surface area contributed by atoms with Gasteiger partial charge in [-0.15, -0.1) is 0 Å². The molecule has 2 heterocycles. The minimum absolute atomic E-state index is 0.241. The summed E-state index contributed by atoms with van der Waals surface area (Å²) < 4.78 is 14.2. The lowest BCUT2D eigenvalue weighted by Gasteiger charge is -2.24. The molecule has 3 fully saturated rings. The van der Waals surface area contributed by atoms with Crippen LogP contribution in [0.25, 0.3) is 10.9 Å². The molecule has 1 saturated heterocycles. The van der Waals surface area contributed by atoms with Gasteiger partial charge in [-0.1, -0.05) is 11.6 Å². The van der Waals surface area contributed by atoms with E-state index in [0.29, 0.717) is 25.0 Å². The van der Waals surface area contributed by atoms with E-state index in [-0.39, 0.29) is 6.04 Å². The lowest BCUT2D eigenvalue weighted by Crippen LogP contribution is -2.30. The van der Waals surface area contributed by atoms with Crippen LogP contribution in [0.4, 0.5) is 10.2 Å². The van der Waals surface area contributed by atoms with E-state index in [1.807, 2.05) is 0 Å². The number of nitrogens with one attached hydrogen (secondary N) is 2. The van der Waals surface area contributed by atoms with Gasteiger partial charge in [-0.3, -0.25) is 4.99 Å². The normalized spacial score (nSPS) is 27.9. The lowest BCUT2D eigenvalue weighted by atomic mass is 9.87. The van der Waals surface area contributed by atoms with Crippen molar-refractivity contribution in [2.75, 3.05) is 18.4 Å². The first-order valence-corrected chi connectivity index (χ1v) is 10.6. The van der Waals surface area contributed by atoms with Crippen molar-refractivity contribution in [2.45, 2.75) is 69.6 Å². The summed E-state index contributed by atoms with van der Waals surface area (Å²) in [4.78, 5) is 14.6. The SMILES string of the molecule is Cc1ccc2nc(C3CCC(=NC4CC4)CC3)nc(N[C@@H]3CNC[C@H]3F)c2c1. The molecule has 5 rings (SSSR count). The van der Waals surface area contributed by atoms with E-state index in [4.69, 9.17) is 15.0 Å². The molecule has 2 N–H and O–H groups in total. The van der Waals surface area contributed by atoms with Crippen LogP contribution in [0.2, 0.25) is 0 Å². The van der Waals surface area contributed by atoms with Crippen LogP contribution in [0.15, 0.2) is 23.2 Å². The summed E-state index contributed by atoms with van der Waals surface area (Å²) in [5, 5.41) is 7.46. The van der Waals surface area contributed by atoms with E-state index in [1.165, 1.54) is 18.6 Å². The molecule has 2 aromatic rings. The van der Waals surface area contributed by atoms with E-state index in [0.717, 1.165) is 53.8 Å². The van der Waals surface area contributed by atoms with Crippen LogP contribution in [0.3, 0.4) is 0 Å². The number of aliphatic imine (C=N–C) groups is 1. The van der Waals surface area contributed by atoms with Gasteiger partial charge >= 0.3 is 0 Å². The molecule has 2 saturated carbocycles. The zero-order valence-corrected chi connectivity index (χ0v) is 16.4. The zero-order valence-electron chi connectivity index (χ0n) is 16.4. The number of benzene rings is 1. The Bertz CT molecular complexity index is 897. The highest BCUT2D eigenvalue weighted by Gasteiger charge is 2.29. The number of halogens is 1. The van der Waals surface area contributed by atoms with Gasteiger partial charge in [-0.25, -0.2) is 14.4 Å². The molecule has 0 amide bonds. The highest BCUT2D eigenvalue weighted by molar-refractivity contribution is 5.90. The Kier molecular flexibility index (Phi) is 4.75. The van der Waals surface area contributed by atoms with Gasteiger partial charge in [0.05, 0.1) is 17.6 Å². The number of nitrogens with zero attached hydrogens (tertiary/aromatic N) is 3. The van der Waals surface area contributed by atoms with Gasteiger partial charge in [0.2, 0.25) is 0 Å². The van der Waals surface area contributed by atoms with Crippen LogP contribution >= 0.6 is 0 Å². The molecule has 148 valence electrons. The second kappa shape index (κ2) is 7.39. The molecule has 1 aromatic carbocycles. The molecule has 2 atom stereocenters. The fourth-order valence-corrected chi connectivity index (χ4v) is 4.32. The van der Waals surface area contributed by atoms with Crippen molar-refractivity contribution in [1.29, 1.82) is 0 Å². The van der Waals surface area contributed by atoms with E-state index >= 15 is 0 Å². The summed E-state index contributed by atoms with van der Waals surface area (Å²) >= 11 is 0. The van der Waals surface area contributed by atoms with E-state index < -0.39 is 6.17 Å². The fourth-order valence-electron chi connectivity index (χ4n) is 4.32. The summed E-state index contributed by atoms with van der Waals surface area (Å²) in [5.41, 5.74) is 3.48. The van der Waals surface area contributed by atoms with E-state index in [2.05, 4.69) is 35.8 Å². The third-order valence-corrected chi connectivity index (χ3v) is 6.17. The van der Waals surface area contributed by atoms with Crippen LogP contribution < -0.4 is 10.6 Å². The first kappa shape index (κ1) is 18.0. The van der Waals surface area contributed by atoms with Crippen LogP contribution in [-0.4, -0.2) is 47.0 Å². The van der Waals surface area contributed by atoms with Crippen molar-refractivity contribution in [3.05, 3.63) is 29.6 Å². The Hall–Kier alpha value is -2.08. The summed E-state index contributed by atoms with van der Waals surface area (Å²) in [5.74, 6) is 2.02. The van der Waals surface area contributed by atoms with Crippen LogP contribution in [0.5, 0.6) is 0 Å². The predicted molar refractivity (Wildman–Crippen MR) is 111 cm³/mol. The number of hydrogen-bond donors (Lipinski definition) is 2. The van der Waals surface area contributed by atoms with Gasteiger partial charge < -0.3 is 10.6 Å². The topological polar surface area (TPSA) is 62.2 Å². The van der Waals surface area contributed by atoms with E-state index in [9.17, 15) is 4.39 Å². The standard InChI is InChI=1S/C22H28FN5/c1-13-2-9-19-17(10-13)22(27-20-12-24-11-18(20)23)28-21(26-19)14-3-5-15(6-4-14)25-16-7-8-16/h2,9-10,14,16,18,20,24H,3-8,11-12H2,1H3,(H,26,27,28)/t14?,18-,20-/m1/s1. The summed E-state index contributed by atoms with van der Waals surface area (Å²) in [6.45, 7) is 3.09. The monoisotopic (exact) mass is 381 g/mol. The van der Waals surface area contributed by atoms with Crippen molar-refractivity contribution in [2.24, 2.45) is 4.99 Å². The number of rotatable bonds is 4. The molecule has 6 heteroatoms. The quantitative estimate of drug-likeness (QED) is 0.843. The van der Waals surface area contributed by atoms with Crippen molar-refractivity contribution in [3.8, 4) is 0 Å². The van der Waals surface area contributed by atoms with Crippen LogP contribution in [0.1, 0.15) is 55.8 Å². The molecule has 0 unspecified atom stereocenters. The van der Waals surface area contributed by atoms with E-state index in [1.54, 1.807) is 0 Å². The predicted octanol–water partition coefficient (Wildman–Crippen LogP) is 3.92. The van der Waals surface area contributed by atoms with Crippen molar-refractivity contribution >= 4 is 22.4 Å². The van der Waals surface area contributed by atoms with Crippen molar-refractivity contribution in [3.63, 3.8) is 0 Å². The average molecular weight is 381 g/mol. The highest BCUT2D eigenvalue weighted by Crippen LogP contribution is 2.34. The maximum atomic E-state index is 14.2. The number of hydrogen-bond acceptors (Lipinski definition) is 5. The molecule has 1 aliphatic heterocycles. The van der Waals surface area contributed by atoms with Gasteiger partial charge in [0.25, 0.3) is 0 Å². The molecule has 0 radical (unpaired) electrons. The number of aryl methyl sites for hydroxylation is 1. The first-order chi connectivity index (χ1) is 13.7. The first-order valence-electron chi connectivity index (χ1n) is 10.6. The minimum atomic E-state index is -0.894. The number of alkyl halides is 1. The van der Waals surface area contributed by atoms with Crippen LogP contribution in [-0.2, 0) is 0 Å². The second-order valence-corrected chi connectivity index (χ2v) is 8.58. The molecule has 1 aromatic heterocycles. The van der Waals surface area contributed by atoms with Gasteiger partial charge in [0, 0.05) is 30.1 Å². The Morgan fingerprint density at radius 2 is 1.93 bits per heavy atom. The summed E-state index contributed by atoms with van der Waals surface area (Å²) in [6, 6.07) is 6.60. The Morgan fingerprint density at radius 1 is 1.11 bits per heavy atom. The van der Waals surface area contributed by atoms with Gasteiger partial charge in [0.1, 0.15) is 17.8 Å². The molecule has 0 bridgehead atoms. The molecular weight excluding hydrogens is 353 g/mol. The zero-order chi connectivity index (χ0) is 19.1. The lowest BCUT2D eigenvalue weighted by molar-refractivity contribution is 0.342. The third-order valence-electron chi connectivity index (χ3n) is 6.17. The second-order valence-electron chi connectivity index (χ2n) is 8.58. The van der Waals surface area contributed by atoms with Gasteiger partial charge in [0.15, 0.2) is 0 Å². The Balaban J connectivity index is 1.43. The molecule has 5 nitrogen and oxygen atoms in total.